The second-order valence-electron chi connectivity index (χ2n) is 10.7. The lowest BCUT2D eigenvalue weighted by Gasteiger charge is -2.35. The van der Waals surface area contributed by atoms with Gasteiger partial charge in [-0.3, -0.25) is 14.4 Å². The second-order valence-corrected chi connectivity index (χ2v) is 10.7. The Morgan fingerprint density at radius 3 is 2.29 bits per heavy atom. The van der Waals surface area contributed by atoms with Crippen molar-refractivity contribution in [2.45, 2.75) is 97.5 Å². The normalized spacial score (nSPS) is 18.9. The molecule has 0 saturated heterocycles. The third kappa shape index (κ3) is 8.56. The van der Waals surface area contributed by atoms with Gasteiger partial charge in [0.1, 0.15) is 17.7 Å². The molecule has 0 spiro atoms. The molecule has 9 heteroatoms. The maximum Gasteiger partial charge on any atom is 0.408 e. The van der Waals surface area contributed by atoms with Crippen LogP contribution < -0.4 is 16.4 Å². The average Bonchev–Trinajstić information content (AvgIpc) is 3.42. The Kier molecular flexibility index (Phi) is 9.29. The predicted octanol–water partition coefficient (Wildman–Crippen LogP) is 2.96. The molecule has 1 aliphatic rings. The van der Waals surface area contributed by atoms with E-state index >= 15 is 0 Å². The van der Waals surface area contributed by atoms with Crippen LogP contribution in [-0.2, 0) is 19.1 Å². The Labute approximate surface area is 208 Å². The summed E-state index contributed by atoms with van der Waals surface area (Å²) in [6.07, 6.45) is -0.147. The number of primary amides is 1. The van der Waals surface area contributed by atoms with E-state index in [9.17, 15) is 19.2 Å². The summed E-state index contributed by atoms with van der Waals surface area (Å²) in [7, 11) is 0. The molecule has 1 aromatic carbocycles. The Balaban J connectivity index is 2.48. The van der Waals surface area contributed by atoms with Gasteiger partial charge in [0, 0.05) is 18.5 Å². The van der Waals surface area contributed by atoms with E-state index in [0.717, 1.165) is 12.0 Å². The van der Waals surface area contributed by atoms with Crippen molar-refractivity contribution in [3.05, 3.63) is 35.4 Å². The highest BCUT2D eigenvalue weighted by Gasteiger charge is 2.48. The van der Waals surface area contributed by atoms with Crippen molar-refractivity contribution in [2.24, 2.45) is 11.7 Å². The fourth-order valence-electron chi connectivity index (χ4n) is 3.99. The van der Waals surface area contributed by atoms with E-state index in [4.69, 9.17) is 10.5 Å². The molecular weight excluding hydrogens is 448 g/mol. The number of hydrogen-bond donors (Lipinski definition) is 3. The minimum absolute atomic E-state index is 0.00263. The smallest absolute Gasteiger partial charge is 0.408 e. The maximum absolute atomic E-state index is 14.0. The van der Waals surface area contributed by atoms with Gasteiger partial charge < -0.3 is 26.0 Å². The number of benzene rings is 1. The third-order valence-corrected chi connectivity index (χ3v) is 5.66. The van der Waals surface area contributed by atoms with Crippen LogP contribution in [0.1, 0.15) is 78.0 Å². The minimum atomic E-state index is -1.08. The summed E-state index contributed by atoms with van der Waals surface area (Å²) in [5.41, 5.74) is 6.21. The van der Waals surface area contributed by atoms with Crippen molar-refractivity contribution >= 4 is 23.8 Å². The van der Waals surface area contributed by atoms with E-state index < -0.39 is 35.6 Å². The van der Waals surface area contributed by atoms with Crippen LogP contribution in [0.15, 0.2) is 24.3 Å². The van der Waals surface area contributed by atoms with Crippen LogP contribution in [0.2, 0.25) is 0 Å². The Hall–Kier alpha value is -3.10. The van der Waals surface area contributed by atoms with Gasteiger partial charge >= 0.3 is 6.09 Å². The number of nitrogens with one attached hydrogen (secondary N) is 2. The highest BCUT2D eigenvalue weighted by Crippen LogP contribution is 2.41. The molecule has 4 amide bonds. The molecule has 0 aromatic heterocycles. The van der Waals surface area contributed by atoms with E-state index in [1.807, 2.05) is 52.0 Å². The number of nitrogens with two attached hydrogens (primary N) is 1. The molecule has 4 atom stereocenters. The molecule has 0 bridgehead atoms. The first kappa shape index (κ1) is 28.1. The Bertz CT molecular complexity index is 940. The fraction of sp³-hybridized carbons (Fsp3) is 0.615. The number of rotatable bonds is 10. The molecule has 1 aromatic rings. The zero-order chi connectivity index (χ0) is 26.5. The van der Waals surface area contributed by atoms with Gasteiger partial charge in [-0.05, 0) is 65.9 Å². The van der Waals surface area contributed by atoms with Gasteiger partial charge in [0.2, 0.25) is 17.7 Å². The number of alkyl carbamates (subject to hydrolysis) is 1. The van der Waals surface area contributed by atoms with Gasteiger partial charge in [-0.25, -0.2) is 4.79 Å². The predicted molar refractivity (Wildman–Crippen MR) is 133 cm³/mol. The van der Waals surface area contributed by atoms with Gasteiger partial charge in [-0.2, -0.15) is 0 Å². The lowest BCUT2D eigenvalue weighted by Crippen LogP contribution is -2.54. The molecule has 4 N–H and O–H groups in total. The van der Waals surface area contributed by atoms with E-state index in [1.54, 1.807) is 25.7 Å². The van der Waals surface area contributed by atoms with Crippen LogP contribution in [-0.4, -0.2) is 52.4 Å². The zero-order valence-corrected chi connectivity index (χ0v) is 21.9. The van der Waals surface area contributed by atoms with Crippen molar-refractivity contribution < 1.29 is 23.9 Å². The highest BCUT2D eigenvalue weighted by atomic mass is 16.6. The lowest BCUT2D eigenvalue weighted by atomic mass is 9.99. The van der Waals surface area contributed by atoms with E-state index in [-0.39, 0.29) is 36.8 Å². The van der Waals surface area contributed by atoms with Crippen molar-refractivity contribution in [3.63, 3.8) is 0 Å². The molecule has 4 unspecified atom stereocenters. The summed E-state index contributed by atoms with van der Waals surface area (Å²) < 4.78 is 5.35. The van der Waals surface area contributed by atoms with Crippen LogP contribution in [0.3, 0.4) is 0 Å². The minimum Gasteiger partial charge on any atom is -0.444 e. The van der Waals surface area contributed by atoms with Crippen LogP contribution in [0.5, 0.6) is 0 Å². The molecule has 0 radical (unpaired) electrons. The van der Waals surface area contributed by atoms with Crippen molar-refractivity contribution in [3.8, 4) is 0 Å². The van der Waals surface area contributed by atoms with Crippen molar-refractivity contribution in [1.82, 2.24) is 15.5 Å². The summed E-state index contributed by atoms with van der Waals surface area (Å²) in [5, 5.41) is 5.55. The number of amides is 4. The summed E-state index contributed by atoms with van der Waals surface area (Å²) in [6.45, 7) is 12.8. The number of hydrogen-bond acceptors (Lipinski definition) is 5. The first-order valence-electron chi connectivity index (χ1n) is 12.2. The molecule has 2 rings (SSSR count). The van der Waals surface area contributed by atoms with Gasteiger partial charge in [0.05, 0.1) is 0 Å². The van der Waals surface area contributed by atoms with Crippen LogP contribution in [0.25, 0.3) is 0 Å². The third-order valence-electron chi connectivity index (χ3n) is 5.66. The number of nitrogens with zero attached hydrogens (tertiary/aromatic N) is 1. The van der Waals surface area contributed by atoms with Crippen LogP contribution in [0.4, 0.5) is 4.79 Å². The monoisotopic (exact) mass is 488 g/mol. The molecule has 1 saturated carbocycles. The SMILES string of the molecule is Cc1cccc(C(C(=O)NC(C)C)N(C(=O)C(CCC(N)=O)NC(=O)OC(C)(C)C)C2CC2C)c1. The Morgan fingerprint density at radius 1 is 1.17 bits per heavy atom. The maximum atomic E-state index is 14.0. The highest BCUT2D eigenvalue weighted by molar-refractivity contribution is 5.93. The average molecular weight is 489 g/mol. The number of carbonyl (C=O) groups excluding carboxylic acids is 4. The van der Waals surface area contributed by atoms with Gasteiger partial charge in [-0.1, -0.05) is 36.8 Å². The summed E-state index contributed by atoms with van der Waals surface area (Å²) >= 11 is 0. The first-order valence-corrected chi connectivity index (χ1v) is 12.2. The van der Waals surface area contributed by atoms with Crippen molar-refractivity contribution in [1.29, 1.82) is 0 Å². The molecular formula is C26H40N4O5. The van der Waals surface area contributed by atoms with Crippen LogP contribution >= 0.6 is 0 Å². The summed E-state index contributed by atoms with van der Waals surface area (Å²) in [5.74, 6) is -1.15. The van der Waals surface area contributed by atoms with E-state index in [1.165, 1.54) is 0 Å². The Morgan fingerprint density at radius 2 is 1.80 bits per heavy atom. The molecule has 0 aliphatic heterocycles. The summed E-state index contributed by atoms with van der Waals surface area (Å²) in [6, 6.07) is 5.20. The number of ether oxygens (including phenoxy) is 1. The topological polar surface area (TPSA) is 131 Å². The van der Waals surface area contributed by atoms with E-state index in [0.29, 0.717) is 5.56 Å². The van der Waals surface area contributed by atoms with Gasteiger partial charge in [0.15, 0.2) is 0 Å². The van der Waals surface area contributed by atoms with Crippen LogP contribution in [0, 0.1) is 12.8 Å². The van der Waals surface area contributed by atoms with Gasteiger partial charge in [0.25, 0.3) is 0 Å². The molecule has 1 fully saturated rings. The molecule has 9 nitrogen and oxygen atoms in total. The van der Waals surface area contributed by atoms with Crippen molar-refractivity contribution in [2.75, 3.05) is 0 Å². The molecule has 194 valence electrons. The zero-order valence-electron chi connectivity index (χ0n) is 21.9. The molecule has 1 aliphatic carbocycles. The summed E-state index contributed by atoms with van der Waals surface area (Å²) in [4.78, 5) is 53.1. The second kappa shape index (κ2) is 11.6. The lowest BCUT2D eigenvalue weighted by molar-refractivity contribution is -0.144. The largest absolute Gasteiger partial charge is 0.444 e. The van der Waals surface area contributed by atoms with Gasteiger partial charge in [-0.15, -0.1) is 0 Å². The number of aryl methyl sites for hydroxylation is 1. The molecule has 0 heterocycles. The fourth-order valence-corrected chi connectivity index (χ4v) is 3.99. The number of carbonyl (C=O) groups is 4. The van der Waals surface area contributed by atoms with E-state index in [2.05, 4.69) is 10.6 Å². The quantitative estimate of drug-likeness (QED) is 0.466. The first-order chi connectivity index (χ1) is 16.2. The standard InChI is InChI=1S/C26H40N4O5/c1-15(2)28-23(32)22(18-10-8-9-16(3)13-18)30(20-14-17(20)4)24(33)19(11-12-21(27)31)29-25(34)35-26(5,6)7/h8-10,13,15,17,19-20,22H,11-12,14H2,1-7H3,(H2,27,31)(H,28,32)(H,29,34). The molecule has 35 heavy (non-hydrogen) atoms.